The van der Waals surface area contributed by atoms with Gasteiger partial charge in [-0.15, -0.1) is 0 Å². The van der Waals surface area contributed by atoms with Gasteiger partial charge in [0, 0.05) is 41.3 Å². The van der Waals surface area contributed by atoms with Crippen molar-refractivity contribution >= 4 is 28.4 Å². The lowest BCUT2D eigenvalue weighted by Crippen LogP contribution is -2.60. The number of fused-ring (bicyclic) bond motifs is 1. The lowest BCUT2D eigenvalue weighted by Gasteiger charge is -2.52. The minimum absolute atomic E-state index is 0.471. The summed E-state index contributed by atoms with van der Waals surface area (Å²) >= 11 is 0. The van der Waals surface area contributed by atoms with E-state index < -0.39 is 0 Å². The van der Waals surface area contributed by atoms with Crippen molar-refractivity contribution in [1.29, 1.82) is 0 Å². The molecule has 2 aromatic heterocycles. The quantitative estimate of drug-likeness (QED) is 0.674. The third kappa shape index (κ3) is 2.78. The molecule has 2 fully saturated rings. The van der Waals surface area contributed by atoms with E-state index in [4.69, 9.17) is 4.98 Å². The van der Waals surface area contributed by atoms with Crippen LogP contribution in [0.5, 0.6) is 0 Å². The number of piperidine rings is 1. The SMILES string of the molecule is Cc1cc(Nc2ccc3[nH]ncc3c2)nc(N2CC3(CCNCC3)C2)n1. The monoisotopic (exact) mass is 349 g/mol. The fourth-order valence-electron chi connectivity index (χ4n) is 4.10. The molecule has 134 valence electrons. The van der Waals surface area contributed by atoms with Gasteiger partial charge in [-0.3, -0.25) is 5.10 Å². The molecule has 26 heavy (non-hydrogen) atoms. The number of anilines is 3. The number of hydrogen-bond donors (Lipinski definition) is 3. The Hall–Kier alpha value is -2.67. The van der Waals surface area contributed by atoms with Crippen LogP contribution in [0.4, 0.5) is 17.5 Å². The fourth-order valence-corrected chi connectivity index (χ4v) is 4.10. The molecule has 1 spiro atoms. The van der Waals surface area contributed by atoms with Crippen LogP contribution in [0.25, 0.3) is 10.9 Å². The Balaban J connectivity index is 1.35. The largest absolute Gasteiger partial charge is 0.340 e. The first-order valence-electron chi connectivity index (χ1n) is 9.21. The lowest BCUT2D eigenvalue weighted by atomic mass is 9.72. The zero-order chi connectivity index (χ0) is 17.6. The maximum absolute atomic E-state index is 4.76. The zero-order valence-corrected chi connectivity index (χ0v) is 14.9. The predicted octanol–water partition coefficient (Wildman–Crippen LogP) is 2.59. The van der Waals surface area contributed by atoms with E-state index in [2.05, 4.69) is 36.8 Å². The Morgan fingerprint density at radius 3 is 2.81 bits per heavy atom. The lowest BCUT2D eigenvalue weighted by molar-refractivity contribution is 0.148. The average molecular weight is 349 g/mol. The Kier molecular flexibility index (Phi) is 3.56. The average Bonchev–Trinajstić information content (AvgIpc) is 3.07. The molecule has 2 aliphatic rings. The van der Waals surface area contributed by atoms with E-state index >= 15 is 0 Å². The molecular weight excluding hydrogens is 326 g/mol. The van der Waals surface area contributed by atoms with Crippen LogP contribution < -0.4 is 15.5 Å². The molecule has 3 N–H and O–H groups in total. The zero-order valence-electron chi connectivity index (χ0n) is 14.9. The van der Waals surface area contributed by atoms with Crippen LogP contribution in [0, 0.1) is 12.3 Å². The van der Waals surface area contributed by atoms with Gasteiger partial charge in [0.15, 0.2) is 0 Å². The highest BCUT2D eigenvalue weighted by atomic mass is 15.3. The molecular formula is C19H23N7. The summed E-state index contributed by atoms with van der Waals surface area (Å²) in [6.07, 6.45) is 4.34. The summed E-state index contributed by atoms with van der Waals surface area (Å²) in [6.45, 7) is 6.42. The summed E-state index contributed by atoms with van der Waals surface area (Å²) in [7, 11) is 0. The van der Waals surface area contributed by atoms with Crippen LogP contribution in [0.1, 0.15) is 18.5 Å². The number of nitrogens with zero attached hydrogens (tertiary/aromatic N) is 4. The smallest absolute Gasteiger partial charge is 0.227 e. The normalized spacial score (nSPS) is 18.9. The summed E-state index contributed by atoms with van der Waals surface area (Å²) in [5.74, 6) is 1.67. The van der Waals surface area contributed by atoms with E-state index in [-0.39, 0.29) is 0 Å². The third-order valence-corrected chi connectivity index (χ3v) is 5.55. The van der Waals surface area contributed by atoms with Crippen LogP contribution in [0.15, 0.2) is 30.5 Å². The molecule has 5 rings (SSSR count). The molecule has 0 saturated carbocycles. The highest BCUT2D eigenvalue weighted by Gasteiger charge is 2.44. The maximum atomic E-state index is 4.76. The number of aromatic nitrogens is 4. The van der Waals surface area contributed by atoms with Gasteiger partial charge < -0.3 is 15.5 Å². The number of rotatable bonds is 3. The number of nitrogens with one attached hydrogen (secondary N) is 3. The topological polar surface area (TPSA) is 81.8 Å². The molecule has 0 atom stereocenters. The van der Waals surface area contributed by atoms with Gasteiger partial charge in [0.25, 0.3) is 0 Å². The molecule has 0 amide bonds. The third-order valence-electron chi connectivity index (χ3n) is 5.55. The highest BCUT2D eigenvalue weighted by Crippen LogP contribution is 2.40. The Morgan fingerprint density at radius 1 is 1.12 bits per heavy atom. The summed E-state index contributed by atoms with van der Waals surface area (Å²) in [5.41, 5.74) is 3.48. The Bertz CT molecular complexity index is 934. The van der Waals surface area contributed by atoms with Crippen molar-refractivity contribution in [2.24, 2.45) is 5.41 Å². The molecule has 0 bridgehead atoms. The van der Waals surface area contributed by atoms with Gasteiger partial charge in [0.1, 0.15) is 5.82 Å². The molecule has 0 radical (unpaired) electrons. The van der Waals surface area contributed by atoms with E-state index in [0.29, 0.717) is 5.41 Å². The van der Waals surface area contributed by atoms with Crippen molar-refractivity contribution in [3.63, 3.8) is 0 Å². The minimum atomic E-state index is 0.471. The molecule has 1 aromatic carbocycles. The summed E-state index contributed by atoms with van der Waals surface area (Å²) < 4.78 is 0. The van der Waals surface area contributed by atoms with Crippen LogP contribution in [0.3, 0.4) is 0 Å². The van der Waals surface area contributed by atoms with Crippen molar-refractivity contribution < 1.29 is 0 Å². The number of aromatic amines is 1. The second-order valence-electron chi connectivity index (χ2n) is 7.60. The highest BCUT2D eigenvalue weighted by molar-refractivity contribution is 5.82. The van der Waals surface area contributed by atoms with E-state index in [9.17, 15) is 0 Å². The standard InChI is InChI=1S/C19H23N7/c1-13-8-17(23-15-2-3-16-14(9-15)10-21-25-16)24-18(22-13)26-11-19(12-26)4-6-20-7-5-19/h2-3,8-10,20H,4-7,11-12H2,1H3,(H,21,25)(H,22,23,24). The first kappa shape index (κ1) is 15.6. The fraction of sp³-hybridized carbons (Fsp3) is 0.421. The van der Waals surface area contributed by atoms with Crippen molar-refractivity contribution in [3.8, 4) is 0 Å². The number of hydrogen-bond acceptors (Lipinski definition) is 6. The Morgan fingerprint density at radius 2 is 1.96 bits per heavy atom. The van der Waals surface area contributed by atoms with E-state index in [1.54, 1.807) is 0 Å². The van der Waals surface area contributed by atoms with Gasteiger partial charge >= 0.3 is 0 Å². The molecule has 2 saturated heterocycles. The maximum Gasteiger partial charge on any atom is 0.227 e. The second kappa shape index (κ2) is 5.95. The van der Waals surface area contributed by atoms with Crippen LogP contribution in [-0.4, -0.2) is 46.3 Å². The van der Waals surface area contributed by atoms with Crippen molar-refractivity contribution in [2.75, 3.05) is 36.4 Å². The van der Waals surface area contributed by atoms with Gasteiger partial charge in [-0.05, 0) is 51.1 Å². The van der Waals surface area contributed by atoms with Crippen molar-refractivity contribution in [2.45, 2.75) is 19.8 Å². The first-order valence-corrected chi connectivity index (χ1v) is 9.21. The molecule has 7 nitrogen and oxygen atoms in total. The summed E-state index contributed by atoms with van der Waals surface area (Å²) in [6, 6.07) is 8.12. The van der Waals surface area contributed by atoms with Crippen LogP contribution >= 0.6 is 0 Å². The number of H-pyrrole nitrogens is 1. The molecule has 0 unspecified atom stereocenters. The van der Waals surface area contributed by atoms with Crippen LogP contribution in [-0.2, 0) is 0 Å². The van der Waals surface area contributed by atoms with Crippen LogP contribution in [0.2, 0.25) is 0 Å². The molecule has 3 aromatic rings. The van der Waals surface area contributed by atoms with Gasteiger partial charge in [-0.2, -0.15) is 10.1 Å². The van der Waals surface area contributed by atoms with Crippen molar-refractivity contribution in [3.05, 3.63) is 36.2 Å². The molecule has 4 heterocycles. The van der Waals surface area contributed by atoms with Gasteiger partial charge in [-0.1, -0.05) is 0 Å². The van der Waals surface area contributed by atoms with E-state index in [1.165, 1.54) is 12.8 Å². The second-order valence-corrected chi connectivity index (χ2v) is 7.60. The molecule has 2 aliphatic heterocycles. The molecule has 0 aliphatic carbocycles. The summed E-state index contributed by atoms with van der Waals surface area (Å²) in [4.78, 5) is 11.7. The predicted molar refractivity (Wildman–Crippen MR) is 103 cm³/mol. The van der Waals surface area contributed by atoms with Gasteiger partial charge in [-0.25, -0.2) is 4.98 Å². The number of benzene rings is 1. The number of aryl methyl sites for hydroxylation is 1. The Labute approximate surface area is 152 Å². The van der Waals surface area contributed by atoms with Gasteiger partial charge in [0.2, 0.25) is 5.95 Å². The van der Waals surface area contributed by atoms with Gasteiger partial charge in [0.05, 0.1) is 11.7 Å². The summed E-state index contributed by atoms with van der Waals surface area (Å²) in [5, 5.41) is 15.0. The first-order chi connectivity index (χ1) is 12.7. The van der Waals surface area contributed by atoms with E-state index in [0.717, 1.165) is 60.2 Å². The van der Waals surface area contributed by atoms with Crippen molar-refractivity contribution in [1.82, 2.24) is 25.5 Å². The molecule has 7 heteroatoms. The van der Waals surface area contributed by atoms with E-state index in [1.807, 2.05) is 31.3 Å². The minimum Gasteiger partial charge on any atom is -0.340 e.